The van der Waals surface area contributed by atoms with E-state index in [1.807, 2.05) is 12.1 Å². The van der Waals surface area contributed by atoms with E-state index >= 15 is 0 Å². The molecule has 1 aromatic carbocycles. The minimum Gasteiger partial charge on any atom is -0.472 e. The van der Waals surface area contributed by atoms with Gasteiger partial charge in [0.25, 0.3) is 0 Å². The highest BCUT2D eigenvalue weighted by molar-refractivity contribution is 5.54. The third-order valence-corrected chi connectivity index (χ3v) is 4.37. The summed E-state index contributed by atoms with van der Waals surface area (Å²) in [6, 6.07) is 6.02. The Morgan fingerprint density at radius 1 is 1.27 bits per heavy atom. The van der Waals surface area contributed by atoms with Crippen LogP contribution in [0, 0.1) is 0 Å². The molecule has 0 radical (unpaired) electrons. The Hall–Kier alpha value is -2.08. The molecule has 1 aromatic heterocycles. The first kappa shape index (κ1) is 13.6. The van der Waals surface area contributed by atoms with Gasteiger partial charge in [-0.3, -0.25) is 0 Å². The van der Waals surface area contributed by atoms with Crippen LogP contribution in [0.5, 0.6) is 5.75 Å². The van der Waals surface area contributed by atoms with Crippen molar-refractivity contribution in [1.82, 2.24) is 14.3 Å². The van der Waals surface area contributed by atoms with Gasteiger partial charge in [0.2, 0.25) is 5.60 Å². The number of hydrogen-bond donors (Lipinski definition) is 0. The van der Waals surface area contributed by atoms with Gasteiger partial charge >= 0.3 is 5.69 Å². The summed E-state index contributed by atoms with van der Waals surface area (Å²) in [5, 5.41) is 4.38. The van der Waals surface area contributed by atoms with Crippen molar-refractivity contribution in [2.24, 2.45) is 7.05 Å². The van der Waals surface area contributed by atoms with Crippen molar-refractivity contribution in [2.45, 2.75) is 31.8 Å². The molecule has 0 atom stereocenters. The quantitative estimate of drug-likeness (QED) is 0.739. The van der Waals surface area contributed by atoms with E-state index in [1.165, 1.54) is 4.68 Å². The van der Waals surface area contributed by atoms with Crippen LogP contribution in [0.1, 0.15) is 32.2 Å². The largest absolute Gasteiger partial charge is 0.472 e. The van der Waals surface area contributed by atoms with Gasteiger partial charge in [-0.05, 0) is 23.1 Å². The maximum absolute atomic E-state index is 12.5. The molecule has 0 saturated carbocycles. The first-order valence-corrected chi connectivity index (χ1v) is 7.40. The van der Waals surface area contributed by atoms with Gasteiger partial charge in [0, 0.05) is 7.05 Å². The summed E-state index contributed by atoms with van der Waals surface area (Å²) in [5.74, 6) is 1.34. The van der Waals surface area contributed by atoms with E-state index in [9.17, 15) is 4.79 Å². The standard InChI is InChI=1S/C16H19N3O3/c1-15(2,3)10-5-6-12-11(7-10)19-13(17-18(4)14(19)20)16(22-12)8-21-9-16/h5-7H,8-9H2,1-4H3. The number of rotatable bonds is 0. The summed E-state index contributed by atoms with van der Waals surface area (Å²) < 4.78 is 14.5. The second-order valence-corrected chi connectivity index (χ2v) is 7.09. The number of aryl methyl sites for hydroxylation is 1. The zero-order valence-electron chi connectivity index (χ0n) is 13.2. The van der Waals surface area contributed by atoms with Crippen molar-refractivity contribution in [2.75, 3.05) is 13.2 Å². The lowest BCUT2D eigenvalue weighted by atomic mass is 9.86. The summed E-state index contributed by atoms with van der Waals surface area (Å²) >= 11 is 0. The third-order valence-electron chi connectivity index (χ3n) is 4.37. The predicted octanol–water partition coefficient (Wildman–Crippen LogP) is 1.49. The molecule has 1 fully saturated rings. The lowest BCUT2D eigenvalue weighted by molar-refractivity contribution is -0.176. The molecule has 6 heteroatoms. The van der Waals surface area contributed by atoms with Crippen LogP contribution >= 0.6 is 0 Å². The highest BCUT2D eigenvalue weighted by Crippen LogP contribution is 2.42. The maximum atomic E-state index is 12.5. The van der Waals surface area contributed by atoms with Gasteiger partial charge < -0.3 is 9.47 Å². The van der Waals surface area contributed by atoms with Crippen molar-refractivity contribution in [3.63, 3.8) is 0 Å². The number of ether oxygens (including phenoxy) is 2. The Labute approximate surface area is 128 Å². The van der Waals surface area contributed by atoms with Gasteiger partial charge in [-0.25, -0.2) is 14.0 Å². The number of benzene rings is 1. The lowest BCUT2D eigenvalue weighted by Crippen LogP contribution is -2.55. The Kier molecular flexibility index (Phi) is 2.47. The smallest absolute Gasteiger partial charge is 0.350 e. The van der Waals surface area contributed by atoms with Crippen molar-refractivity contribution in [3.8, 4) is 11.4 Å². The molecule has 3 heterocycles. The second-order valence-electron chi connectivity index (χ2n) is 7.09. The molecule has 0 unspecified atom stereocenters. The summed E-state index contributed by atoms with van der Waals surface area (Å²) in [7, 11) is 1.66. The second kappa shape index (κ2) is 4.01. The van der Waals surface area contributed by atoms with Crippen molar-refractivity contribution in [1.29, 1.82) is 0 Å². The van der Waals surface area contributed by atoms with Crippen LogP contribution in [0.15, 0.2) is 23.0 Å². The number of nitrogens with zero attached hydrogens (tertiary/aromatic N) is 3. The van der Waals surface area contributed by atoms with E-state index in [4.69, 9.17) is 9.47 Å². The summed E-state index contributed by atoms with van der Waals surface area (Å²) in [6.07, 6.45) is 0. The van der Waals surface area contributed by atoms with Crippen LogP contribution in [0.25, 0.3) is 5.69 Å². The monoisotopic (exact) mass is 301 g/mol. The lowest BCUT2D eigenvalue weighted by Gasteiger charge is -2.43. The molecule has 2 aliphatic heterocycles. The van der Waals surface area contributed by atoms with E-state index < -0.39 is 5.60 Å². The van der Waals surface area contributed by atoms with Gasteiger partial charge in [0.15, 0.2) is 5.82 Å². The first-order valence-electron chi connectivity index (χ1n) is 7.40. The van der Waals surface area contributed by atoms with Gasteiger partial charge in [-0.2, -0.15) is 5.10 Å². The van der Waals surface area contributed by atoms with Crippen LogP contribution < -0.4 is 10.4 Å². The molecular weight excluding hydrogens is 282 g/mol. The molecule has 4 rings (SSSR count). The molecule has 2 aliphatic rings. The molecule has 0 N–H and O–H groups in total. The zero-order chi connectivity index (χ0) is 15.7. The topological polar surface area (TPSA) is 58.3 Å². The summed E-state index contributed by atoms with van der Waals surface area (Å²) in [5.41, 5.74) is 1.12. The van der Waals surface area contributed by atoms with Crippen LogP contribution in [0.4, 0.5) is 0 Å². The number of hydrogen-bond acceptors (Lipinski definition) is 4. The van der Waals surface area contributed by atoms with E-state index in [-0.39, 0.29) is 11.1 Å². The molecule has 1 saturated heterocycles. The fraction of sp³-hybridized carbons (Fsp3) is 0.500. The molecule has 0 aliphatic carbocycles. The highest BCUT2D eigenvalue weighted by Gasteiger charge is 2.51. The van der Waals surface area contributed by atoms with Crippen LogP contribution in [-0.4, -0.2) is 27.6 Å². The van der Waals surface area contributed by atoms with E-state index in [1.54, 1.807) is 11.6 Å². The molecule has 1 spiro atoms. The van der Waals surface area contributed by atoms with Gasteiger partial charge in [0.1, 0.15) is 5.75 Å². The van der Waals surface area contributed by atoms with Crippen molar-refractivity contribution >= 4 is 0 Å². The normalized spacial score (nSPS) is 18.4. The minimum absolute atomic E-state index is 0.00424. The Balaban J connectivity index is 1.99. The molecular formula is C16H19N3O3. The number of aromatic nitrogens is 3. The minimum atomic E-state index is -0.628. The fourth-order valence-electron chi connectivity index (χ4n) is 2.95. The Morgan fingerprint density at radius 3 is 2.59 bits per heavy atom. The average molecular weight is 301 g/mol. The Bertz CT molecular complexity index is 822. The van der Waals surface area contributed by atoms with Crippen molar-refractivity contribution in [3.05, 3.63) is 40.1 Å². The molecule has 6 nitrogen and oxygen atoms in total. The molecule has 0 bridgehead atoms. The highest BCUT2D eigenvalue weighted by atomic mass is 16.6. The van der Waals surface area contributed by atoms with Gasteiger partial charge in [-0.15, -0.1) is 0 Å². The van der Waals surface area contributed by atoms with Gasteiger partial charge in [-0.1, -0.05) is 26.8 Å². The van der Waals surface area contributed by atoms with Gasteiger partial charge in [0.05, 0.1) is 18.9 Å². The summed E-state index contributed by atoms with van der Waals surface area (Å²) in [6.45, 7) is 7.28. The summed E-state index contributed by atoms with van der Waals surface area (Å²) in [4.78, 5) is 12.5. The first-order chi connectivity index (χ1) is 10.3. The van der Waals surface area contributed by atoms with E-state index in [2.05, 4.69) is 31.9 Å². The average Bonchev–Trinajstić information content (AvgIpc) is 2.71. The molecule has 2 aromatic rings. The van der Waals surface area contributed by atoms with Crippen LogP contribution in [-0.2, 0) is 22.8 Å². The Morgan fingerprint density at radius 2 is 2.00 bits per heavy atom. The van der Waals surface area contributed by atoms with Crippen LogP contribution in [0.2, 0.25) is 0 Å². The van der Waals surface area contributed by atoms with Crippen LogP contribution in [0.3, 0.4) is 0 Å². The number of fused-ring (bicyclic) bond motifs is 4. The predicted molar refractivity (Wildman–Crippen MR) is 80.6 cm³/mol. The fourth-order valence-corrected chi connectivity index (χ4v) is 2.95. The molecule has 0 amide bonds. The maximum Gasteiger partial charge on any atom is 0.350 e. The van der Waals surface area contributed by atoms with E-state index in [0.29, 0.717) is 24.8 Å². The third kappa shape index (κ3) is 1.64. The zero-order valence-corrected chi connectivity index (χ0v) is 13.2. The molecule has 22 heavy (non-hydrogen) atoms. The van der Waals surface area contributed by atoms with Crippen molar-refractivity contribution < 1.29 is 9.47 Å². The molecule has 116 valence electrons. The van der Waals surface area contributed by atoms with E-state index in [0.717, 1.165) is 11.3 Å². The SMILES string of the molecule is Cn1nc2n(c1=O)-c1cc(C(C)(C)C)ccc1OC21COC1.